The Kier molecular flexibility index (Phi) is 6.92. The van der Waals surface area contributed by atoms with Gasteiger partial charge < -0.3 is 10.1 Å². The molecule has 1 N–H and O–H groups in total. The van der Waals surface area contributed by atoms with Crippen LogP contribution in [0, 0.1) is 0 Å². The van der Waals surface area contributed by atoms with Gasteiger partial charge in [-0.3, -0.25) is 14.0 Å². The topological polar surface area (TPSA) is 99.8 Å². The van der Waals surface area contributed by atoms with E-state index in [0.29, 0.717) is 30.7 Å². The van der Waals surface area contributed by atoms with Crippen LogP contribution in [0.3, 0.4) is 0 Å². The molecule has 4 aromatic heterocycles. The molecule has 9 nitrogen and oxygen atoms in total. The first-order valence-corrected chi connectivity index (χ1v) is 10.6. The van der Waals surface area contributed by atoms with Crippen molar-refractivity contribution in [3.05, 3.63) is 66.0 Å². The van der Waals surface area contributed by atoms with Gasteiger partial charge in [0.05, 0.1) is 11.8 Å². The maximum Gasteiger partial charge on any atom is 0.418 e. The molecule has 35 heavy (non-hydrogen) atoms. The molecule has 0 unspecified atom stereocenters. The molecule has 0 atom stereocenters. The van der Waals surface area contributed by atoms with Gasteiger partial charge >= 0.3 is 6.18 Å². The number of aryl methyl sites for hydroxylation is 2. The Morgan fingerprint density at radius 3 is 2.71 bits per heavy atom. The molecule has 4 rings (SSSR count). The lowest BCUT2D eigenvalue weighted by atomic mass is 10.0. The number of carbonyl (C=O) groups excluding carboxylic acids is 1. The molecule has 0 radical (unpaired) electrons. The fourth-order valence-electron chi connectivity index (χ4n) is 3.62. The van der Waals surface area contributed by atoms with Crippen LogP contribution in [-0.4, -0.2) is 49.3 Å². The molecule has 0 fully saturated rings. The van der Waals surface area contributed by atoms with Crippen molar-refractivity contribution in [1.29, 1.82) is 0 Å². The van der Waals surface area contributed by atoms with Crippen molar-refractivity contribution in [3.8, 4) is 16.9 Å². The molecule has 0 saturated carbocycles. The number of anilines is 2. The molecule has 0 aromatic carbocycles. The highest BCUT2D eigenvalue weighted by atomic mass is 19.4. The smallest absolute Gasteiger partial charge is 0.385 e. The number of methoxy groups -OCH3 is 1. The number of rotatable bonds is 9. The lowest BCUT2D eigenvalue weighted by Gasteiger charge is -2.15. The molecule has 0 aliphatic heterocycles. The first kappa shape index (κ1) is 24.1. The summed E-state index contributed by atoms with van der Waals surface area (Å²) in [5.41, 5.74) is 0.894. The molecule has 0 aliphatic rings. The number of nitrogens with one attached hydrogen (secondary N) is 1. The maximum atomic E-state index is 13.4. The number of hydrogen-bond acceptors (Lipinski definition) is 7. The number of aldehydes is 1. The van der Waals surface area contributed by atoms with E-state index in [1.54, 1.807) is 47.0 Å². The molecule has 4 aromatic rings. The van der Waals surface area contributed by atoms with Crippen molar-refractivity contribution in [2.45, 2.75) is 19.0 Å². The molecule has 0 aliphatic carbocycles. The summed E-state index contributed by atoms with van der Waals surface area (Å²) < 4.78 is 48.4. The fraction of sp³-hybridized carbons (Fsp3) is 0.261. The summed E-state index contributed by atoms with van der Waals surface area (Å²) in [4.78, 5) is 24.3. The van der Waals surface area contributed by atoms with Crippen LogP contribution in [0.15, 0.2) is 49.2 Å². The summed E-state index contributed by atoms with van der Waals surface area (Å²) in [6.07, 6.45) is 4.08. The molecule has 0 saturated heterocycles. The van der Waals surface area contributed by atoms with Crippen LogP contribution in [0.5, 0.6) is 0 Å². The van der Waals surface area contributed by atoms with Gasteiger partial charge in [0.1, 0.15) is 17.3 Å². The number of ether oxygens (including phenoxy) is 1. The average molecular weight is 485 g/mol. The van der Waals surface area contributed by atoms with Gasteiger partial charge in [-0.25, -0.2) is 15.0 Å². The molecule has 182 valence electrons. The highest BCUT2D eigenvalue weighted by Gasteiger charge is 2.33. The summed E-state index contributed by atoms with van der Waals surface area (Å²) in [6, 6.07) is 4.81. The Labute approximate surface area is 198 Å². The van der Waals surface area contributed by atoms with Crippen molar-refractivity contribution in [2.24, 2.45) is 7.05 Å². The number of hydrogen-bond donors (Lipinski definition) is 1. The quantitative estimate of drug-likeness (QED) is 0.280. The number of alkyl halides is 3. The van der Waals surface area contributed by atoms with Gasteiger partial charge in [-0.15, -0.1) is 0 Å². The van der Waals surface area contributed by atoms with Gasteiger partial charge in [-0.2, -0.15) is 18.3 Å². The van der Waals surface area contributed by atoms with Gasteiger partial charge in [0.15, 0.2) is 6.29 Å². The lowest BCUT2D eigenvalue weighted by Crippen LogP contribution is -2.12. The van der Waals surface area contributed by atoms with Gasteiger partial charge in [0.25, 0.3) is 0 Å². The molecule has 0 amide bonds. The Hall–Kier alpha value is -4.06. The monoisotopic (exact) mass is 485 g/mol. The van der Waals surface area contributed by atoms with E-state index >= 15 is 0 Å². The standard InChI is InChI=1S/C23H22F3N7O2/c1-32-13-16(11-29-32)17-5-6-21(30-19(17)14-34)33-8-7-27-22(33)31-20-10-15(4-3-9-35-2)18(12-28-20)23(24,25)26/h5-8,10-14H,3-4,9H2,1-2H3,(H,27,28,31). The third-order valence-electron chi connectivity index (χ3n) is 5.25. The van der Waals surface area contributed by atoms with Gasteiger partial charge in [-0.1, -0.05) is 0 Å². The maximum absolute atomic E-state index is 13.4. The van der Waals surface area contributed by atoms with E-state index in [2.05, 4.69) is 25.4 Å². The van der Waals surface area contributed by atoms with Crippen molar-refractivity contribution >= 4 is 18.1 Å². The Morgan fingerprint density at radius 2 is 2.03 bits per heavy atom. The number of nitrogens with zero attached hydrogens (tertiary/aromatic N) is 6. The van der Waals surface area contributed by atoms with Crippen LogP contribution in [0.4, 0.5) is 24.9 Å². The Morgan fingerprint density at radius 1 is 1.20 bits per heavy atom. The predicted octanol–water partition coefficient (Wildman–Crippen LogP) is 4.22. The molecule has 12 heteroatoms. The van der Waals surface area contributed by atoms with E-state index in [4.69, 9.17) is 4.74 Å². The van der Waals surface area contributed by atoms with Crippen LogP contribution < -0.4 is 5.32 Å². The van der Waals surface area contributed by atoms with E-state index in [1.165, 1.54) is 19.4 Å². The third kappa shape index (κ3) is 5.38. The van der Waals surface area contributed by atoms with Crippen molar-refractivity contribution in [2.75, 3.05) is 19.0 Å². The number of imidazole rings is 1. The van der Waals surface area contributed by atoms with E-state index in [1.807, 2.05) is 0 Å². The van der Waals surface area contributed by atoms with Crippen LogP contribution in [0.1, 0.15) is 28.0 Å². The largest absolute Gasteiger partial charge is 0.418 e. The molecule has 4 heterocycles. The number of aromatic nitrogens is 6. The summed E-state index contributed by atoms with van der Waals surface area (Å²) in [7, 11) is 3.27. The normalized spacial score (nSPS) is 11.6. The summed E-state index contributed by atoms with van der Waals surface area (Å²) in [6.45, 7) is 0.340. The second kappa shape index (κ2) is 10.1. The predicted molar refractivity (Wildman–Crippen MR) is 122 cm³/mol. The van der Waals surface area contributed by atoms with Crippen LogP contribution in [0.25, 0.3) is 16.9 Å². The molecular formula is C23H22F3N7O2. The molecule has 0 bridgehead atoms. The fourth-order valence-corrected chi connectivity index (χ4v) is 3.62. The minimum absolute atomic E-state index is 0.104. The summed E-state index contributed by atoms with van der Waals surface area (Å²) in [5, 5.41) is 7.06. The minimum atomic E-state index is -4.52. The first-order chi connectivity index (χ1) is 16.8. The second-order valence-corrected chi connectivity index (χ2v) is 7.69. The zero-order chi connectivity index (χ0) is 25.0. The van der Waals surface area contributed by atoms with E-state index in [-0.39, 0.29) is 29.4 Å². The number of carbonyl (C=O) groups is 1. The van der Waals surface area contributed by atoms with Gasteiger partial charge in [0.2, 0.25) is 5.95 Å². The Bertz CT molecular complexity index is 1330. The van der Waals surface area contributed by atoms with Crippen molar-refractivity contribution < 1.29 is 22.7 Å². The summed E-state index contributed by atoms with van der Waals surface area (Å²) in [5.74, 6) is 0.867. The van der Waals surface area contributed by atoms with Crippen molar-refractivity contribution in [3.63, 3.8) is 0 Å². The number of pyridine rings is 2. The van der Waals surface area contributed by atoms with Crippen LogP contribution >= 0.6 is 0 Å². The highest BCUT2D eigenvalue weighted by molar-refractivity contribution is 5.85. The Balaban J connectivity index is 1.64. The summed E-state index contributed by atoms with van der Waals surface area (Å²) >= 11 is 0. The van der Waals surface area contributed by atoms with Crippen LogP contribution in [-0.2, 0) is 24.4 Å². The first-order valence-electron chi connectivity index (χ1n) is 10.6. The van der Waals surface area contributed by atoms with Crippen molar-refractivity contribution in [1.82, 2.24) is 29.3 Å². The average Bonchev–Trinajstić information content (AvgIpc) is 3.47. The van der Waals surface area contributed by atoms with E-state index in [9.17, 15) is 18.0 Å². The zero-order valence-corrected chi connectivity index (χ0v) is 19.0. The lowest BCUT2D eigenvalue weighted by molar-refractivity contribution is -0.138. The second-order valence-electron chi connectivity index (χ2n) is 7.69. The zero-order valence-electron chi connectivity index (χ0n) is 19.0. The van der Waals surface area contributed by atoms with Gasteiger partial charge in [0, 0.05) is 56.7 Å². The SMILES string of the molecule is COCCCc1cc(Nc2nccn2-c2ccc(-c3cnn(C)c3)c(C=O)n2)ncc1C(F)(F)F. The molecular weight excluding hydrogens is 463 g/mol. The number of halogens is 3. The minimum Gasteiger partial charge on any atom is -0.385 e. The van der Waals surface area contributed by atoms with Crippen LogP contribution in [0.2, 0.25) is 0 Å². The van der Waals surface area contributed by atoms with E-state index < -0.39 is 11.7 Å². The highest BCUT2D eigenvalue weighted by Crippen LogP contribution is 2.33. The van der Waals surface area contributed by atoms with Gasteiger partial charge in [-0.05, 0) is 36.6 Å². The molecule has 0 spiro atoms. The third-order valence-corrected chi connectivity index (χ3v) is 5.25. The van der Waals surface area contributed by atoms with E-state index in [0.717, 1.165) is 11.8 Å².